The third kappa shape index (κ3) is 8.59. The van der Waals surface area contributed by atoms with Crippen molar-refractivity contribution >= 4 is 11.9 Å². The lowest BCUT2D eigenvalue weighted by atomic mass is 10.0. The quantitative estimate of drug-likeness (QED) is 0.443. The number of esters is 1. The summed E-state index contributed by atoms with van der Waals surface area (Å²) in [5, 5.41) is 3.26. The third-order valence-corrected chi connectivity index (χ3v) is 3.27. The predicted octanol–water partition coefficient (Wildman–Crippen LogP) is 1.74. The van der Waals surface area contributed by atoms with Crippen LogP contribution in [0.1, 0.15) is 58.8 Å². The average molecular weight is 272 g/mol. The van der Waals surface area contributed by atoms with Crippen LogP contribution >= 0.6 is 0 Å². The molecule has 0 spiro atoms. The number of hydrogen-bond acceptors (Lipinski definition) is 4. The summed E-state index contributed by atoms with van der Waals surface area (Å²) < 4.78 is 4.65. The number of carbonyl (C=O) groups is 2. The van der Waals surface area contributed by atoms with Crippen molar-refractivity contribution in [3.05, 3.63) is 0 Å². The Hall–Kier alpha value is -1.10. The summed E-state index contributed by atoms with van der Waals surface area (Å²) in [4.78, 5) is 22.5. The highest BCUT2D eigenvalue weighted by atomic mass is 16.5. The zero-order chi connectivity index (χ0) is 14.7. The van der Waals surface area contributed by atoms with Crippen LogP contribution in [0.25, 0.3) is 0 Å². The van der Waals surface area contributed by atoms with Crippen molar-refractivity contribution in [2.45, 2.75) is 70.9 Å². The van der Waals surface area contributed by atoms with Crippen molar-refractivity contribution in [2.75, 3.05) is 7.11 Å². The maximum atomic E-state index is 11.3. The lowest BCUT2D eigenvalue weighted by molar-refractivity contribution is -0.140. The van der Waals surface area contributed by atoms with Gasteiger partial charge in [-0.25, -0.2) is 0 Å². The van der Waals surface area contributed by atoms with Crippen molar-refractivity contribution in [3.63, 3.8) is 0 Å². The molecule has 0 bridgehead atoms. The molecule has 0 fully saturated rings. The Balaban J connectivity index is 4.30. The van der Waals surface area contributed by atoms with E-state index in [-0.39, 0.29) is 24.0 Å². The Labute approximate surface area is 116 Å². The first kappa shape index (κ1) is 17.9. The average Bonchev–Trinajstić information content (AvgIpc) is 2.40. The highest BCUT2D eigenvalue weighted by Crippen LogP contribution is 2.11. The smallest absolute Gasteiger partial charge is 0.305 e. The van der Waals surface area contributed by atoms with Crippen LogP contribution in [0.15, 0.2) is 0 Å². The minimum atomic E-state index is -0.332. The number of nitrogens with one attached hydrogen (secondary N) is 1. The zero-order valence-corrected chi connectivity index (χ0v) is 12.4. The molecular weight excluding hydrogens is 244 g/mol. The molecule has 0 aliphatic rings. The summed E-state index contributed by atoms with van der Waals surface area (Å²) in [6.45, 7) is 4.07. The van der Waals surface area contributed by atoms with Gasteiger partial charge >= 0.3 is 5.97 Å². The van der Waals surface area contributed by atoms with E-state index < -0.39 is 0 Å². The molecular formula is C14H28N2O3. The minimum Gasteiger partial charge on any atom is -0.469 e. The predicted molar refractivity (Wildman–Crippen MR) is 75.6 cm³/mol. The Morgan fingerprint density at radius 2 is 1.89 bits per heavy atom. The summed E-state index contributed by atoms with van der Waals surface area (Å²) in [5.74, 6) is -0.546. The van der Waals surface area contributed by atoms with E-state index in [1.165, 1.54) is 7.11 Å². The highest BCUT2D eigenvalue weighted by Gasteiger charge is 2.18. The molecule has 0 heterocycles. The summed E-state index contributed by atoms with van der Waals surface area (Å²) in [6.07, 6.45) is 6.06. The van der Waals surface area contributed by atoms with E-state index >= 15 is 0 Å². The van der Waals surface area contributed by atoms with Crippen LogP contribution in [0.5, 0.6) is 0 Å². The van der Waals surface area contributed by atoms with Gasteiger partial charge in [-0.15, -0.1) is 0 Å². The molecule has 5 heteroatoms. The Kier molecular flexibility index (Phi) is 10.2. The molecule has 0 rings (SSSR count). The van der Waals surface area contributed by atoms with Crippen molar-refractivity contribution in [3.8, 4) is 0 Å². The Morgan fingerprint density at radius 1 is 1.21 bits per heavy atom. The summed E-state index contributed by atoms with van der Waals surface area (Å²) in [7, 11) is 1.39. The van der Waals surface area contributed by atoms with Gasteiger partial charge in [-0.1, -0.05) is 33.1 Å². The van der Waals surface area contributed by atoms with Gasteiger partial charge in [-0.2, -0.15) is 0 Å². The Bertz CT molecular complexity index is 269. The highest BCUT2D eigenvalue weighted by molar-refractivity contribution is 5.79. The van der Waals surface area contributed by atoms with Gasteiger partial charge in [0.2, 0.25) is 5.91 Å². The Morgan fingerprint density at radius 3 is 2.37 bits per heavy atom. The number of rotatable bonds is 11. The largest absolute Gasteiger partial charge is 0.469 e. The molecule has 0 aliphatic carbocycles. The summed E-state index contributed by atoms with van der Waals surface area (Å²) in [6, 6.07) is -0.174. The maximum absolute atomic E-state index is 11.3. The number of carbonyl (C=O) groups excluding carboxylic acids is 2. The first-order valence-corrected chi connectivity index (χ1v) is 7.17. The molecule has 3 N–H and O–H groups in total. The molecule has 1 amide bonds. The van der Waals surface area contributed by atoms with E-state index in [1.54, 1.807) is 0 Å². The number of primary amides is 1. The lowest BCUT2D eigenvalue weighted by Crippen LogP contribution is -2.46. The van der Waals surface area contributed by atoms with Gasteiger partial charge in [-0.05, 0) is 19.3 Å². The number of ether oxygens (including phenoxy) is 1. The second-order valence-electron chi connectivity index (χ2n) is 4.84. The van der Waals surface area contributed by atoms with Crippen molar-refractivity contribution in [2.24, 2.45) is 5.73 Å². The van der Waals surface area contributed by atoms with Gasteiger partial charge in [-0.3, -0.25) is 9.59 Å². The third-order valence-electron chi connectivity index (χ3n) is 3.27. The van der Waals surface area contributed by atoms with E-state index in [1.807, 2.05) is 6.92 Å². The fourth-order valence-corrected chi connectivity index (χ4v) is 2.03. The standard InChI is InChI=1S/C14H28N2O3/c1-4-6-7-8-11(9-10-13(17)19-3)16-12(5-2)14(15)18/h11-12,16H,4-10H2,1-3H3,(H2,15,18)/t11-,12+/m1/s1. The first-order valence-electron chi connectivity index (χ1n) is 7.17. The SMILES string of the molecule is CCCCC[C@H](CCC(=O)OC)N[C@@H](CC)C(N)=O. The van der Waals surface area contributed by atoms with Gasteiger partial charge < -0.3 is 15.8 Å². The number of methoxy groups -OCH3 is 1. The molecule has 0 aromatic carbocycles. The van der Waals surface area contributed by atoms with E-state index in [2.05, 4.69) is 17.0 Å². The van der Waals surface area contributed by atoms with Gasteiger partial charge in [0.1, 0.15) is 0 Å². The lowest BCUT2D eigenvalue weighted by Gasteiger charge is -2.23. The van der Waals surface area contributed by atoms with Gasteiger partial charge in [0.05, 0.1) is 13.2 Å². The number of hydrogen-bond donors (Lipinski definition) is 2. The van der Waals surface area contributed by atoms with Gasteiger partial charge in [0.25, 0.3) is 0 Å². The monoisotopic (exact) mass is 272 g/mol. The van der Waals surface area contributed by atoms with Crippen molar-refractivity contribution < 1.29 is 14.3 Å². The van der Waals surface area contributed by atoms with Crippen LogP contribution < -0.4 is 11.1 Å². The van der Waals surface area contributed by atoms with E-state index in [9.17, 15) is 9.59 Å². The normalized spacial score (nSPS) is 13.8. The van der Waals surface area contributed by atoms with Gasteiger partial charge in [0, 0.05) is 12.5 Å². The van der Waals surface area contributed by atoms with E-state index in [4.69, 9.17) is 5.73 Å². The molecule has 0 radical (unpaired) electrons. The molecule has 0 saturated heterocycles. The molecule has 5 nitrogen and oxygen atoms in total. The maximum Gasteiger partial charge on any atom is 0.305 e. The van der Waals surface area contributed by atoms with Crippen LogP contribution in [0.3, 0.4) is 0 Å². The minimum absolute atomic E-state index is 0.142. The number of amides is 1. The van der Waals surface area contributed by atoms with E-state index in [0.29, 0.717) is 19.3 Å². The molecule has 0 saturated carbocycles. The van der Waals surface area contributed by atoms with Crippen molar-refractivity contribution in [1.29, 1.82) is 0 Å². The molecule has 0 unspecified atom stereocenters. The second-order valence-corrected chi connectivity index (χ2v) is 4.84. The number of unbranched alkanes of at least 4 members (excludes halogenated alkanes) is 2. The van der Waals surface area contributed by atoms with E-state index in [0.717, 1.165) is 25.7 Å². The molecule has 0 aromatic rings. The van der Waals surface area contributed by atoms with Crippen LogP contribution in [0, 0.1) is 0 Å². The number of nitrogens with two attached hydrogens (primary N) is 1. The van der Waals surface area contributed by atoms with Crippen LogP contribution in [0.4, 0.5) is 0 Å². The first-order chi connectivity index (χ1) is 9.04. The molecule has 0 aromatic heterocycles. The second kappa shape index (κ2) is 10.8. The molecule has 0 aliphatic heterocycles. The van der Waals surface area contributed by atoms with Crippen molar-refractivity contribution in [1.82, 2.24) is 5.32 Å². The summed E-state index contributed by atoms with van der Waals surface area (Å²) in [5.41, 5.74) is 5.34. The molecule has 112 valence electrons. The topological polar surface area (TPSA) is 81.4 Å². The summed E-state index contributed by atoms with van der Waals surface area (Å²) >= 11 is 0. The zero-order valence-electron chi connectivity index (χ0n) is 12.4. The molecule has 2 atom stereocenters. The molecule has 19 heavy (non-hydrogen) atoms. The van der Waals surface area contributed by atoms with Crippen LogP contribution in [-0.4, -0.2) is 31.1 Å². The van der Waals surface area contributed by atoms with Crippen LogP contribution in [0.2, 0.25) is 0 Å². The fourth-order valence-electron chi connectivity index (χ4n) is 2.03. The van der Waals surface area contributed by atoms with Crippen LogP contribution in [-0.2, 0) is 14.3 Å². The fraction of sp³-hybridized carbons (Fsp3) is 0.857. The van der Waals surface area contributed by atoms with Gasteiger partial charge in [0.15, 0.2) is 0 Å².